The molecule has 0 unspecified atom stereocenters. The second-order valence-electron chi connectivity index (χ2n) is 5.23. The van der Waals surface area contributed by atoms with Crippen LogP contribution in [0.15, 0.2) is 24.4 Å². The number of amides is 2. The van der Waals surface area contributed by atoms with Crippen molar-refractivity contribution in [1.82, 2.24) is 15.5 Å². The van der Waals surface area contributed by atoms with Gasteiger partial charge in [-0.2, -0.15) is 5.10 Å². The summed E-state index contributed by atoms with van der Waals surface area (Å²) in [5.41, 5.74) is 1.64. The molecule has 2 aromatic rings. The number of rotatable bonds is 2. The summed E-state index contributed by atoms with van der Waals surface area (Å²) in [4.78, 5) is 11.9. The van der Waals surface area contributed by atoms with Gasteiger partial charge in [0, 0.05) is 11.1 Å². The Morgan fingerprint density at radius 3 is 3.05 bits per heavy atom. The number of aliphatic hydroxyl groups is 1. The number of carbonyl (C=O) groups excluding carboxylic acids is 1. The molecular weight excluding hydrogens is 256 g/mol. The lowest BCUT2D eigenvalue weighted by Gasteiger charge is -2.28. The summed E-state index contributed by atoms with van der Waals surface area (Å²) in [5, 5.41) is 23.2. The summed E-state index contributed by atoms with van der Waals surface area (Å²) in [6.07, 6.45) is 4.93. The fourth-order valence-corrected chi connectivity index (χ4v) is 2.64. The van der Waals surface area contributed by atoms with Crippen molar-refractivity contribution >= 4 is 22.6 Å². The molecule has 0 aliphatic heterocycles. The van der Waals surface area contributed by atoms with Crippen LogP contribution in [0.2, 0.25) is 0 Å². The Bertz CT molecular complexity index is 610. The molecule has 2 amide bonds. The van der Waals surface area contributed by atoms with Crippen molar-refractivity contribution in [2.75, 3.05) is 5.32 Å². The third-order valence-electron chi connectivity index (χ3n) is 3.74. The van der Waals surface area contributed by atoms with Crippen molar-refractivity contribution in [2.24, 2.45) is 0 Å². The van der Waals surface area contributed by atoms with Gasteiger partial charge in [0.05, 0.1) is 23.9 Å². The minimum absolute atomic E-state index is 0.151. The largest absolute Gasteiger partial charge is 0.391 e. The number of urea groups is 1. The normalized spacial score (nSPS) is 22.6. The Balaban J connectivity index is 1.63. The number of hydrogen-bond acceptors (Lipinski definition) is 3. The molecule has 0 radical (unpaired) electrons. The minimum atomic E-state index is -0.439. The highest BCUT2D eigenvalue weighted by molar-refractivity contribution is 5.92. The maximum Gasteiger partial charge on any atom is 0.319 e. The fourth-order valence-electron chi connectivity index (χ4n) is 2.64. The highest BCUT2D eigenvalue weighted by Crippen LogP contribution is 2.19. The first-order valence-electron chi connectivity index (χ1n) is 6.91. The highest BCUT2D eigenvalue weighted by atomic mass is 16.3. The number of nitrogens with zero attached hydrogens (tertiary/aromatic N) is 1. The van der Waals surface area contributed by atoms with Crippen LogP contribution in [-0.2, 0) is 0 Å². The Morgan fingerprint density at radius 2 is 2.20 bits per heavy atom. The number of carbonyl (C=O) groups is 1. The average Bonchev–Trinajstić information content (AvgIpc) is 2.89. The van der Waals surface area contributed by atoms with Gasteiger partial charge in [-0.1, -0.05) is 12.8 Å². The number of nitrogens with one attached hydrogen (secondary N) is 3. The monoisotopic (exact) mass is 274 g/mol. The first-order chi connectivity index (χ1) is 9.72. The molecule has 6 heteroatoms. The SMILES string of the molecule is O=C(Nc1ccc2[nH]ncc2c1)N[C@@H]1CCCC[C@@H]1O. The van der Waals surface area contributed by atoms with Crippen molar-refractivity contribution in [3.05, 3.63) is 24.4 Å². The van der Waals surface area contributed by atoms with Crippen LogP contribution >= 0.6 is 0 Å². The van der Waals surface area contributed by atoms with E-state index in [-0.39, 0.29) is 12.1 Å². The number of H-pyrrole nitrogens is 1. The molecule has 4 N–H and O–H groups in total. The van der Waals surface area contributed by atoms with E-state index >= 15 is 0 Å². The highest BCUT2D eigenvalue weighted by Gasteiger charge is 2.24. The lowest BCUT2D eigenvalue weighted by Crippen LogP contribution is -2.46. The third kappa shape index (κ3) is 2.75. The standard InChI is InChI=1S/C14H18N4O2/c19-13-4-2-1-3-12(13)17-14(20)16-10-5-6-11-9(7-10)8-15-18-11/h5-8,12-13,19H,1-4H2,(H,15,18)(H2,16,17,20)/t12-,13+/m1/s1. The molecule has 6 nitrogen and oxygen atoms in total. The Labute approximate surface area is 116 Å². The van der Waals surface area contributed by atoms with Gasteiger partial charge in [-0.3, -0.25) is 5.10 Å². The van der Waals surface area contributed by atoms with Gasteiger partial charge in [-0.25, -0.2) is 4.79 Å². The average molecular weight is 274 g/mol. The Morgan fingerprint density at radius 1 is 1.35 bits per heavy atom. The first-order valence-corrected chi connectivity index (χ1v) is 6.91. The van der Waals surface area contributed by atoms with Gasteiger partial charge in [0.15, 0.2) is 0 Å². The van der Waals surface area contributed by atoms with Gasteiger partial charge in [0.2, 0.25) is 0 Å². The third-order valence-corrected chi connectivity index (χ3v) is 3.74. The molecule has 0 spiro atoms. The summed E-state index contributed by atoms with van der Waals surface area (Å²) in [6.45, 7) is 0. The Kier molecular flexibility index (Phi) is 3.56. The Hall–Kier alpha value is -2.08. The van der Waals surface area contributed by atoms with E-state index < -0.39 is 6.10 Å². The number of aliphatic hydroxyl groups excluding tert-OH is 1. The maximum atomic E-state index is 11.9. The van der Waals surface area contributed by atoms with Crippen LogP contribution in [0.25, 0.3) is 10.9 Å². The van der Waals surface area contributed by atoms with Gasteiger partial charge in [-0.15, -0.1) is 0 Å². The smallest absolute Gasteiger partial charge is 0.319 e. The van der Waals surface area contributed by atoms with E-state index in [0.29, 0.717) is 5.69 Å². The predicted molar refractivity (Wildman–Crippen MR) is 76.5 cm³/mol. The number of hydrogen-bond donors (Lipinski definition) is 4. The van der Waals surface area contributed by atoms with E-state index in [1.807, 2.05) is 18.2 Å². The molecule has 20 heavy (non-hydrogen) atoms. The number of fused-ring (bicyclic) bond motifs is 1. The summed E-state index contributed by atoms with van der Waals surface area (Å²) < 4.78 is 0. The van der Waals surface area contributed by atoms with Crippen LogP contribution in [-0.4, -0.2) is 33.5 Å². The van der Waals surface area contributed by atoms with Crippen LogP contribution in [0.1, 0.15) is 25.7 Å². The van der Waals surface area contributed by atoms with Crippen LogP contribution < -0.4 is 10.6 Å². The number of benzene rings is 1. The quantitative estimate of drug-likeness (QED) is 0.675. The zero-order valence-corrected chi connectivity index (χ0v) is 11.1. The van der Waals surface area contributed by atoms with E-state index in [1.54, 1.807) is 6.20 Å². The van der Waals surface area contributed by atoms with Gasteiger partial charge in [-0.05, 0) is 31.0 Å². The molecule has 0 saturated heterocycles. The molecule has 0 bridgehead atoms. The predicted octanol–water partition coefficient (Wildman–Crippen LogP) is 1.99. The van der Waals surface area contributed by atoms with Crippen LogP contribution in [0, 0.1) is 0 Å². The molecular formula is C14H18N4O2. The van der Waals surface area contributed by atoms with Crippen molar-refractivity contribution < 1.29 is 9.90 Å². The van der Waals surface area contributed by atoms with Crippen molar-refractivity contribution in [3.8, 4) is 0 Å². The van der Waals surface area contributed by atoms with E-state index in [1.165, 1.54) is 0 Å². The van der Waals surface area contributed by atoms with Crippen LogP contribution in [0.5, 0.6) is 0 Å². The molecule has 1 aliphatic rings. The van der Waals surface area contributed by atoms with Crippen molar-refractivity contribution in [3.63, 3.8) is 0 Å². The lowest BCUT2D eigenvalue weighted by molar-refractivity contribution is 0.0955. The zero-order valence-electron chi connectivity index (χ0n) is 11.1. The molecule has 1 aliphatic carbocycles. The van der Waals surface area contributed by atoms with E-state index in [4.69, 9.17) is 0 Å². The topological polar surface area (TPSA) is 90.0 Å². The molecule has 1 heterocycles. The summed E-state index contributed by atoms with van der Waals surface area (Å²) in [7, 11) is 0. The lowest BCUT2D eigenvalue weighted by atomic mass is 9.93. The van der Waals surface area contributed by atoms with Crippen molar-refractivity contribution in [1.29, 1.82) is 0 Å². The molecule has 1 aromatic heterocycles. The van der Waals surface area contributed by atoms with Crippen molar-refractivity contribution in [2.45, 2.75) is 37.8 Å². The maximum absolute atomic E-state index is 11.9. The molecule has 1 saturated carbocycles. The molecule has 106 valence electrons. The zero-order chi connectivity index (χ0) is 13.9. The molecule has 2 atom stereocenters. The first kappa shape index (κ1) is 12.9. The van der Waals surface area contributed by atoms with E-state index in [2.05, 4.69) is 20.8 Å². The molecule has 3 rings (SSSR count). The summed E-state index contributed by atoms with van der Waals surface area (Å²) in [6, 6.07) is 5.11. The van der Waals surface area contributed by atoms with Gasteiger partial charge in [0.1, 0.15) is 0 Å². The van der Waals surface area contributed by atoms with Gasteiger partial charge < -0.3 is 15.7 Å². The van der Waals surface area contributed by atoms with E-state index in [9.17, 15) is 9.90 Å². The number of anilines is 1. The van der Waals surface area contributed by atoms with Crippen LogP contribution in [0.4, 0.5) is 10.5 Å². The number of aromatic amines is 1. The molecule has 1 aromatic carbocycles. The fraction of sp³-hybridized carbons (Fsp3) is 0.429. The van der Waals surface area contributed by atoms with Gasteiger partial charge >= 0.3 is 6.03 Å². The second-order valence-corrected chi connectivity index (χ2v) is 5.23. The summed E-state index contributed by atoms with van der Waals surface area (Å²) in [5.74, 6) is 0. The van der Waals surface area contributed by atoms with E-state index in [0.717, 1.165) is 36.6 Å². The van der Waals surface area contributed by atoms with Gasteiger partial charge in [0.25, 0.3) is 0 Å². The number of aromatic nitrogens is 2. The second kappa shape index (κ2) is 5.50. The minimum Gasteiger partial charge on any atom is -0.391 e. The van der Waals surface area contributed by atoms with Crippen LogP contribution in [0.3, 0.4) is 0 Å². The summed E-state index contributed by atoms with van der Waals surface area (Å²) >= 11 is 0. The molecule has 1 fully saturated rings.